The number of carbonyl (C=O) groups excluding carboxylic acids is 3. The molecule has 1 atom stereocenters. The van der Waals surface area contributed by atoms with Crippen LogP contribution in [0.4, 0.5) is 30.1 Å². The van der Waals surface area contributed by atoms with E-state index in [4.69, 9.17) is 23.7 Å². The maximum absolute atomic E-state index is 17.3. The van der Waals surface area contributed by atoms with Gasteiger partial charge in [-0.05, 0) is 53.5 Å². The van der Waals surface area contributed by atoms with Crippen molar-refractivity contribution in [2.24, 2.45) is 5.92 Å². The fraction of sp³-hybridized carbons (Fsp3) is 0.514. The average molecular weight is 793 g/mol. The van der Waals surface area contributed by atoms with Crippen molar-refractivity contribution < 1.29 is 60.8 Å². The van der Waals surface area contributed by atoms with Crippen LogP contribution < -0.4 is 18.7 Å². The van der Waals surface area contributed by atoms with Gasteiger partial charge in [-0.3, -0.25) is 9.69 Å². The molecule has 55 heavy (non-hydrogen) atoms. The number of anilines is 2. The van der Waals surface area contributed by atoms with Crippen molar-refractivity contribution >= 4 is 45.8 Å². The summed E-state index contributed by atoms with van der Waals surface area (Å²) in [5, 5.41) is 10.5. The van der Waals surface area contributed by atoms with Crippen molar-refractivity contribution in [2.45, 2.75) is 78.2 Å². The van der Waals surface area contributed by atoms with E-state index < -0.39 is 75.5 Å². The Morgan fingerprint density at radius 1 is 1.07 bits per heavy atom. The summed E-state index contributed by atoms with van der Waals surface area (Å²) in [4.78, 5) is 54.3. The molecule has 3 amide bonds. The van der Waals surface area contributed by atoms with E-state index in [1.54, 1.807) is 76.6 Å². The number of halogens is 1. The molecule has 1 saturated heterocycles. The lowest BCUT2D eigenvalue weighted by Crippen LogP contribution is -2.48. The second kappa shape index (κ2) is 17.6. The molecule has 4 rings (SSSR count). The third-order valence-corrected chi connectivity index (χ3v) is 9.48. The Kier molecular flexibility index (Phi) is 13.6. The number of amides is 3. The zero-order valence-corrected chi connectivity index (χ0v) is 32.6. The number of nitrogens with zero attached hydrogens (tertiary/aromatic N) is 3. The van der Waals surface area contributed by atoms with Crippen LogP contribution >= 0.6 is 0 Å². The summed E-state index contributed by atoms with van der Waals surface area (Å²) in [6, 6.07) is 8.65. The second-order valence-corrected chi connectivity index (χ2v) is 16.6. The highest BCUT2D eigenvalue weighted by atomic mass is 32.2. The van der Waals surface area contributed by atoms with Gasteiger partial charge in [0.1, 0.15) is 42.4 Å². The number of hydrogen-bond acceptors (Lipinski definition) is 11. The molecule has 2 N–H and O–H groups in total. The van der Waals surface area contributed by atoms with Crippen LogP contribution in [0, 0.1) is 11.7 Å². The predicted octanol–water partition coefficient (Wildman–Crippen LogP) is 5.39. The van der Waals surface area contributed by atoms with Crippen molar-refractivity contribution in [3.05, 3.63) is 66.0 Å². The summed E-state index contributed by atoms with van der Waals surface area (Å²) in [7, 11) is -5.16. The molecule has 0 aliphatic carbocycles. The molecule has 0 radical (unpaired) electrons. The lowest BCUT2D eigenvalue weighted by molar-refractivity contribution is -0.152. The van der Waals surface area contributed by atoms with Gasteiger partial charge in [-0.25, -0.2) is 27.8 Å². The zero-order chi connectivity index (χ0) is 40.7. The second-order valence-electron chi connectivity index (χ2n) is 15.0. The van der Waals surface area contributed by atoms with E-state index in [9.17, 15) is 32.7 Å². The summed E-state index contributed by atoms with van der Waals surface area (Å²) in [6.07, 6.45) is -2.22. The molecule has 0 saturated carbocycles. The van der Waals surface area contributed by atoms with E-state index in [1.165, 1.54) is 11.0 Å². The van der Waals surface area contributed by atoms with E-state index in [-0.39, 0.29) is 54.2 Å². The Hall–Kier alpha value is -5.10. The Balaban J connectivity index is 1.84. The van der Waals surface area contributed by atoms with E-state index in [0.29, 0.717) is 25.2 Å². The summed E-state index contributed by atoms with van der Waals surface area (Å²) in [5.41, 5.74) is -2.60. The third kappa shape index (κ3) is 11.7. The van der Waals surface area contributed by atoms with E-state index in [1.807, 2.05) is 0 Å². The monoisotopic (exact) mass is 792 g/mol. The number of rotatable bonds is 15. The first kappa shape index (κ1) is 42.6. The number of carboxylic acid groups (broad SMARTS) is 1. The SMILES string of the molecule is C=CCOC(=O)NS(=O)(=O)N(CC(=O)OC(C)(C)C)c1c(OCc2ccccc2)cc2c(c1F)C[C@H](CN(CCC1COC1)C(=O)OC(C)(C)C)N2C(=O)O. The number of fused-ring (bicyclic) bond motifs is 1. The summed E-state index contributed by atoms with van der Waals surface area (Å²) in [6.45, 7) is 12.4. The number of esters is 1. The quantitative estimate of drug-likeness (QED) is 0.133. The van der Waals surface area contributed by atoms with Gasteiger partial charge in [-0.15, -0.1) is 0 Å². The highest BCUT2D eigenvalue weighted by Gasteiger charge is 2.43. The maximum atomic E-state index is 17.3. The molecule has 2 aromatic carbocycles. The van der Waals surface area contributed by atoms with Crippen molar-refractivity contribution in [3.8, 4) is 5.75 Å². The molecule has 2 aliphatic heterocycles. The van der Waals surface area contributed by atoms with Crippen LogP contribution in [0.5, 0.6) is 5.75 Å². The van der Waals surface area contributed by atoms with E-state index in [0.717, 1.165) is 11.0 Å². The van der Waals surface area contributed by atoms with Crippen LogP contribution in [0.3, 0.4) is 0 Å². The fourth-order valence-electron chi connectivity index (χ4n) is 5.79. The number of ether oxygens (including phenoxy) is 5. The lowest BCUT2D eigenvalue weighted by Gasteiger charge is -2.33. The van der Waals surface area contributed by atoms with E-state index in [2.05, 4.69) is 6.58 Å². The van der Waals surface area contributed by atoms with Crippen molar-refractivity contribution in [2.75, 3.05) is 48.7 Å². The molecule has 1 fully saturated rings. The lowest BCUT2D eigenvalue weighted by atomic mass is 10.0. The molecule has 18 heteroatoms. The summed E-state index contributed by atoms with van der Waals surface area (Å²) >= 11 is 0. The highest BCUT2D eigenvalue weighted by molar-refractivity contribution is 7.91. The molecule has 0 spiro atoms. The molecular weight excluding hydrogens is 743 g/mol. The van der Waals surface area contributed by atoms with Gasteiger partial charge in [0.05, 0.1) is 24.9 Å². The van der Waals surface area contributed by atoms with Gasteiger partial charge < -0.3 is 33.7 Å². The maximum Gasteiger partial charge on any atom is 0.422 e. The standard InChI is InChI=1S/C37H49FN4O12S/c1-8-16-51-33(44)39-55(48,49)41(20-30(43)53-36(2,3)4)32-29(52-23-24-12-10-9-11-13-24)18-28-27(31(32)38)17-26(42(28)34(45)46)19-40(15-14-25-21-50-22-25)35(47)54-37(5,6)7/h8-13,18,25-26H,1,14-17,19-23H2,2-7H3,(H,39,44)(H,45,46)/t26-/m1/s1. The minimum atomic E-state index is -5.16. The third-order valence-electron chi connectivity index (χ3n) is 8.16. The number of carbonyl (C=O) groups is 4. The smallest absolute Gasteiger partial charge is 0.422 e. The molecular formula is C37H49FN4O12S. The van der Waals surface area contributed by atoms with Gasteiger partial charge in [-0.2, -0.15) is 8.42 Å². The van der Waals surface area contributed by atoms with Crippen LogP contribution in [-0.2, 0) is 47.0 Å². The fourth-order valence-corrected chi connectivity index (χ4v) is 6.85. The largest absolute Gasteiger partial charge is 0.487 e. The van der Waals surface area contributed by atoms with Crippen LogP contribution in [0.15, 0.2) is 49.1 Å². The molecule has 16 nitrogen and oxygen atoms in total. The minimum absolute atomic E-state index is 0.175. The van der Waals surface area contributed by atoms with Gasteiger partial charge in [0.2, 0.25) is 0 Å². The topological polar surface area (TPSA) is 191 Å². The Morgan fingerprint density at radius 2 is 1.73 bits per heavy atom. The normalized spacial score (nSPS) is 15.6. The molecule has 302 valence electrons. The molecule has 0 aromatic heterocycles. The van der Waals surface area contributed by atoms with Crippen LogP contribution in [-0.4, -0.2) is 99.4 Å². The molecule has 0 bridgehead atoms. The first-order valence-electron chi connectivity index (χ1n) is 17.6. The Morgan fingerprint density at radius 3 is 2.29 bits per heavy atom. The van der Waals surface area contributed by atoms with Gasteiger partial charge in [-0.1, -0.05) is 43.0 Å². The molecule has 0 unspecified atom stereocenters. The first-order valence-corrected chi connectivity index (χ1v) is 19.0. The van der Waals surface area contributed by atoms with Crippen LogP contribution in [0.2, 0.25) is 0 Å². The van der Waals surface area contributed by atoms with Crippen molar-refractivity contribution in [3.63, 3.8) is 0 Å². The van der Waals surface area contributed by atoms with Gasteiger partial charge in [0.25, 0.3) is 0 Å². The van der Waals surface area contributed by atoms with Gasteiger partial charge >= 0.3 is 34.5 Å². The summed E-state index contributed by atoms with van der Waals surface area (Å²) < 4.78 is 74.1. The molecule has 2 aliphatic rings. The van der Waals surface area contributed by atoms with Crippen molar-refractivity contribution in [1.82, 2.24) is 9.62 Å². The Labute approximate surface area is 320 Å². The van der Waals surface area contributed by atoms with Crippen molar-refractivity contribution in [1.29, 1.82) is 0 Å². The molecule has 2 heterocycles. The average Bonchev–Trinajstić information content (AvgIpc) is 3.41. The number of benzene rings is 2. The van der Waals surface area contributed by atoms with E-state index >= 15 is 4.39 Å². The zero-order valence-electron chi connectivity index (χ0n) is 31.8. The van der Waals surface area contributed by atoms with Crippen LogP contribution in [0.25, 0.3) is 0 Å². The van der Waals surface area contributed by atoms with Gasteiger partial charge in [0, 0.05) is 37.1 Å². The van der Waals surface area contributed by atoms with Gasteiger partial charge in [0.15, 0.2) is 5.82 Å². The Bertz CT molecular complexity index is 1840. The summed E-state index contributed by atoms with van der Waals surface area (Å²) in [5.74, 6) is -2.65. The molecule has 2 aromatic rings. The highest BCUT2D eigenvalue weighted by Crippen LogP contribution is 2.45. The van der Waals surface area contributed by atoms with Crippen LogP contribution in [0.1, 0.15) is 59.1 Å². The number of nitrogens with one attached hydrogen (secondary N) is 1. The predicted molar refractivity (Wildman–Crippen MR) is 199 cm³/mol. The first-order chi connectivity index (χ1) is 25.7. The number of hydrogen-bond donors (Lipinski definition) is 2. The minimum Gasteiger partial charge on any atom is -0.487 e.